The molecule has 4 heteroatoms. The van der Waals surface area contributed by atoms with Crippen LogP contribution < -0.4 is 5.32 Å². The van der Waals surface area contributed by atoms with Gasteiger partial charge in [-0.3, -0.25) is 4.68 Å². The van der Waals surface area contributed by atoms with E-state index in [-0.39, 0.29) is 0 Å². The monoisotopic (exact) mass is 249 g/mol. The van der Waals surface area contributed by atoms with Crippen LogP contribution in [0.4, 0.5) is 0 Å². The fourth-order valence-electron chi connectivity index (χ4n) is 1.66. The second kappa shape index (κ2) is 5.98. The Labute approximate surface area is 106 Å². The van der Waals surface area contributed by atoms with E-state index in [1.54, 1.807) is 11.3 Å². The van der Waals surface area contributed by atoms with Crippen molar-refractivity contribution < 1.29 is 0 Å². The van der Waals surface area contributed by atoms with Gasteiger partial charge in [0.1, 0.15) is 0 Å². The molecule has 0 fully saturated rings. The molecule has 0 aliphatic rings. The Morgan fingerprint density at radius 3 is 3.00 bits per heavy atom. The highest BCUT2D eigenvalue weighted by Crippen LogP contribution is 2.08. The molecule has 0 unspecified atom stereocenters. The summed E-state index contributed by atoms with van der Waals surface area (Å²) in [5.41, 5.74) is 2.57. The Kier molecular flexibility index (Phi) is 4.34. The summed E-state index contributed by atoms with van der Waals surface area (Å²) in [5.74, 6) is 0.691. The molecule has 2 heterocycles. The largest absolute Gasteiger partial charge is 0.312 e. The van der Waals surface area contributed by atoms with E-state index in [4.69, 9.17) is 0 Å². The van der Waals surface area contributed by atoms with Crippen molar-refractivity contribution in [2.75, 3.05) is 6.54 Å². The number of hydrogen-bond donors (Lipinski definition) is 1. The zero-order valence-corrected chi connectivity index (χ0v) is 11.2. The Bertz CT molecular complexity index is 431. The molecule has 0 aliphatic heterocycles. The molecule has 0 aromatic carbocycles. The molecule has 2 aromatic heterocycles. The zero-order chi connectivity index (χ0) is 12.1. The van der Waals surface area contributed by atoms with E-state index in [0.29, 0.717) is 5.92 Å². The van der Waals surface area contributed by atoms with E-state index < -0.39 is 0 Å². The lowest BCUT2D eigenvalue weighted by Crippen LogP contribution is -2.18. The van der Waals surface area contributed by atoms with Gasteiger partial charge in [0.2, 0.25) is 0 Å². The van der Waals surface area contributed by atoms with Gasteiger partial charge in [-0.1, -0.05) is 13.8 Å². The van der Waals surface area contributed by atoms with Crippen molar-refractivity contribution >= 4 is 11.3 Å². The average Bonchev–Trinajstić information content (AvgIpc) is 2.90. The normalized spacial score (nSPS) is 11.2. The van der Waals surface area contributed by atoms with Crippen molar-refractivity contribution in [2.45, 2.75) is 26.9 Å². The second-order valence-corrected chi connectivity index (χ2v) is 5.48. The van der Waals surface area contributed by atoms with E-state index in [1.165, 1.54) is 11.1 Å². The number of rotatable bonds is 6. The van der Waals surface area contributed by atoms with Gasteiger partial charge in [0, 0.05) is 18.3 Å². The van der Waals surface area contributed by atoms with Gasteiger partial charge in [-0.05, 0) is 34.9 Å². The molecule has 0 radical (unpaired) electrons. The van der Waals surface area contributed by atoms with Gasteiger partial charge in [-0.2, -0.15) is 16.4 Å². The van der Waals surface area contributed by atoms with Gasteiger partial charge in [0.05, 0.1) is 12.7 Å². The minimum absolute atomic E-state index is 0.691. The van der Waals surface area contributed by atoms with E-state index in [0.717, 1.165) is 19.6 Å². The Balaban J connectivity index is 1.83. The van der Waals surface area contributed by atoms with Gasteiger partial charge in [0.25, 0.3) is 0 Å². The molecule has 92 valence electrons. The van der Waals surface area contributed by atoms with Crippen molar-refractivity contribution in [3.05, 3.63) is 40.3 Å². The number of aromatic nitrogens is 2. The first kappa shape index (κ1) is 12.3. The summed E-state index contributed by atoms with van der Waals surface area (Å²) in [6.45, 7) is 7.26. The van der Waals surface area contributed by atoms with E-state index in [2.05, 4.69) is 47.3 Å². The topological polar surface area (TPSA) is 29.9 Å². The molecule has 17 heavy (non-hydrogen) atoms. The van der Waals surface area contributed by atoms with Gasteiger partial charge in [-0.15, -0.1) is 0 Å². The molecule has 0 amide bonds. The summed E-state index contributed by atoms with van der Waals surface area (Å²) in [6, 6.07) is 2.14. The van der Waals surface area contributed by atoms with Crippen LogP contribution >= 0.6 is 11.3 Å². The molecule has 0 atom stereocenters. The second-order valence-electron chi connectivity index (χ2n) is 4.70. The predicted octanol–water partition coefficient (Wildman–Crippen LogP) is 2.74. The molecule has 0 bridgehead atoms. The molecule has 2 rings (SSSR count). The quantitative estimate of drug-likeness (QED) is 0.853. The third-order valence-electron chi connectivity index (χ3n) is 2.49. The first-order chi connectivity index (χ1) is 8.24. The highest BCUT2D eigenvalue weighted by Gasteiger charge is 2.00. The van der Waals surface area contributed by atoms with Crippen LogP contribution in [0.1, 0.15) is 25.0 Å². The van der Waals surface area contributed by atoms with Crippen LogP contribution in [0.25, 0.3) is 0 Å². The van der Waals surface area contributed by atoms with Crippen LogP contribution in [0.2, 0.25) is 0 Å². The smallest absolute Gasteiger partial charge is 0.0667 e. The molecule has 0 saturated heterocycles. The minimum atomic E-state index is 0.691. The van der Waals surface area contributed by atoms with Crippen molar-refractivity contribution in [1.29, 1.82) is 0 Å². The van der Waals surface area contributed by atoms with Crippen molar-refractivity contribution in [3.63, 3.8) is 0 Å². The van der Waals surface area contributed by atoms with Crippen LogP contribution in [-0.2, 0) is 13.1 Å². The molecule has 2 aromatic rings. The molecule has 0 aliphatic carbocycles. The summed E-state index contributed by atoms with van der Waals surface area (Å²) < 4.78 is 1.99. The van der Waals surface area contributed by atoms with Crippen LogP contribution in [0.3, 0.4) is 0 Å². The predicted molar refractivity (Wildman–Crippen MR) is 72.2 cm³/mol. The molecule has 0 spiro atoms. The first-order valence-corrected chi connectivity index (χ1v) is 6.91. The fraction of sp³-hybridized carbons (Fsp3) is 0.462. The zero-order valence-electron chi connectivity index (χ0n) is 10.4. The lowest BCUT2D eigenvalue weighted by Gasteiger charge is -2.05. The maximum atomic E-state index is 4.37. The molecular formula is C13H19N3S. The highest BCUT2D eigenvalue weighted by atomic mass is 32.1. The maximum Gasteiger partial charge on any atom is 0.0667 e. The first-order valence-electron chi connectivity index (χ1n) is 5.97. The SMILES string of the molecule is CC(C)CNCc1cnn(Cc2ccsc2)c1. The molecule has 3 nitrogen and oxygen atoms in total. The van der Waals surface area contributed by atoms with Gasteiger partial charge in [-0.25, -0.2) is 0 Å². The van der Waals surface area contributed by atoms with Crippen molar-refractivity contribution in [2.24, 2.45) is 5.92 Å². The Hall–Kier alpha value is -1.13. The summed E-state index contributed by atoms with van der Waals surface area (Å²) in [4.78, 5) is 0. The van der Waals surface area contributed by atoms with E-state index >= 15 is 0 Å². The van der Waals surface area contributed by atoms with E-state index in [9.17, 15) is 0 Å². The van der Waals surface area contributed by atoms with Crippen LogP contribution in [0, 0.1) is 5.92 Å². The maximum absolute atomic E-state index is 4.37. The lowest BCUT2D eigenvalue weighted by atomic mass is 10.2. The number of hydrogen-bond acceptors (Lipinski definition) is 3. The number of thiophene rings is 1. The van der Waals surface area contributed by atoms with Gasteiger partial charge >= 0.3 is 0 Å². The van der Waals surface area contributed by atoms with Crippen LogP contribution in [0.15, 0.2) is 29.2 Å². The Morgan fingerprint density at radius 2 is 2.29 bits per heavy atom. The van der Waals surface area contributed by atoms with Gasteiger partial charge in [0.15, 0.2) is 0 Å². The number of nitrogens with one attached hydrogen (secondary N) is 1. The van der Waals surface area contributed by atoms with E-state index in [1.807, 2.05) is 10.9 Å². The summed E-state index contributed by atoms with van der Waals surface area (Å²) in [6.07, 6.45) is 4.06. The average molecular weight is 249 g/mol. The fourth-order valence-corrected chi connectivity index (χ4v) is 2.32. The van der Waals surface area contributed by atoms with Crippen molar-refractivity contribution in [3.8, 4) is 0 Å². The highest BCUT2D eigenvalue weighted by molar-refractivity contribution is 7.07. The molecule has 1 N–H and O–H groups in total. The summed E-state index contributed by atoms with van der Waals surface area (Å²) in [7, 11) is 0. The van der Waals surface area contributed by atoms with Gasteiger partial charge < -0.3 is 5.32 Å². The van der Waals surface area contributed by atoms with Crippen LogP contribution in [-0.4, -0.2) is 16.3 Å². The molecular weight excluding hydrogens is 230 g/mol. The number of nitrogens with zero attached hydrogens (tertiary/aromatic N) is 2. The third-order valence-corrected chi connectivity index (χ3v) is 3.23. The summed E-state index contributed by atoms with van der Waals surface area (Å²) in [5, 5.41) is 12.1. The standard InChI is InChI=1S/C13H19N3S/c1-11(2)5-14-6-13-7-15-16(9-13)8-12-3-4-17-10-12/h3-4,7,9-11,14H,5-6,8H2,1-2H3. The third kappa shape index (κ3) is 3.98. The molecule has 0 saturated carbocycles. The minimum Gasteiger partial charge on any atom is -0.312 e. The summed E-state index contributed by atoms with van der Waals surface area (Å²) >= 11 is 1.73. The lowest BCUT2D eigenvalue weighted by molar-refractivity contribution is 0.552. The van der Waals surface area contributed by atoms with Crippen molar-refractivity contribution in [1.82, 2.24) is 15.1 Å². The Morgan fingerprint density at radius 1 is 1.41 bits per heavy atom. The van der Waals surface area contributed by atoms with Crippen LogP contribution in [0.5, 0.6) is 0 Å².